The molecule has 2 aliphatic carbocycles. The number of guanidine groups is 1. The molecule has 6 heteroatoms. The Morgan fingerprint density at radius 2 is 2.04 bits per heavy atom. The summed E-state index contributed by atoms with van der Waals surface area (Å²) in [6.07, 6.45) is 6.67. The zero-order valence-corrected chi connectivity index (χ0v) is 16.2. The van der Waals surface area contributed by atoms with Gasteiger partial charge < -0.3 is 20.3 Å². The summed E-state index contributed by atoms with van der Waals surface area (Å²) in [6, 6.07) is 0.426. The zero-order valence-electron chi connectivity index (χ0n) is 16.2. The quantitative estimate of drug-likeness (QED) is 0.584. The molecule has 3 unspecified atom stereocenters. The summed E-state index contributed by atoms with van der Waals surface area (Å²) >= 11 is 0. The van der Waals surface area contributed by atoms with E-state index in [0.717, 1.165) is 25.5 Å². The molecule has 3 fully saturated rings. The maximum Gasteiger partial charge on any atom is 0.243 e. The molecular weight excluding hydrogens is 316 g/mol. The van der Waals surface area contributed by atoms with Crippen LogP contribution in [-0.2, 0) is 9.53 Å². The van der Waals surface area contributed by atoms with Crippen molar-refractivity contribution in [3.63, 3.8) is 0 Å². The van der Waals surface area contributed by atoms with Gasteiger partial charge in [-0.25, -0.2) is 4.99 Å². The number of carbonyl (C=O) groups is 1. The lowest BCUT2D eigenvalue weighted by Crippen LogP contribution is -2.69. The highest BCUT2D eigenvalue weighted by Crippen LogP contribution is 2.60. The van der Waals surface area contributed by atoms with E-state index < -0.39 is 0 Å². The first kappa shape index (κ1) is 18.5. The highest BCUT2D eigenvalue weighted by atomic mass is 16.5. The van der Waals surface area contributed by atoms with Crippen molar-refractivity contribution < 1.29 is 9.53 Å². The zero-order chi connectivity index (χ0) is 18.0. The van der Waals surface area contributed by atoms with Crippen LogP contribution in [0, 0.1) is 17.3 Å². The Morgan fingerprint density at radius 3 is 2.68 bits per heavy atom. The van der Waals surface area contributed by atoms with Crippen molar-refractivity contribution in [3.05, 3.63) is 0 Å². The molecule has 6 nitrogen and oxygen atoms in total. The van der Waals surface area contributed by atoms with Gasteiger partial charge in [0.25, 0.3) is 0 Å². The summed E-state index contributed by atoms with van der Waals surface area (Å²) in [5.74, 6) is 1.93. The maximum absolute atomic E-state index is 11.9. The van der Waals surface area contributed by atoms with Gasteiger partial charge in [0, 0.05) is 44.6 Å². The second-order valence-electron chi connectivity index (χ2n) is 8.53. The van der Waals surface area contributed by atoms with Crippen LogP contribution in [-0.4, -0.2) is 62.7 Å². The number of nitrogens with zero attached hydrogens (tertiary/aromatic N) is 2. The number of nitrogens with one attached hydrogen (secondary N) is 2. The number of hydrogen-bond donors (Lipinski definition) is 2. The van der Waals surface area contributed by atoms with Crippen LogP contribution in [0.3, 0.4) is 0 Å². The minimum absolute atomic E-state index is 0.0249. The molecule has 2 N–H and O–H groups in total. The summed E-state index contributed by atoms with van der Waals surface area (Å²) < 4.78 is 6.07. The Labute approximate surface area is 151 Å². The Kier molecular flexibility index (Phi) is 5.56. The molecule has 0 bridgehead atoms. The largest absolute Gasteiger partial charge is 0.377 e. The second kappa shape index (κ2) is 7.52. The smallest absolute Gasteiger partial charge is 0.243 e. The monoisotopic (exact) mass is 350 g/mol. The summed E-state index contributed by atoms with van der Waals surface area (Å²) in [4.78, 5) is 18.1. The number of aliphatic imine (C=N–C) groups is 1. The molecule has 0 aromatic heterocycles. The molecule has 1 spiro atoms. The van der Waals surface area contributed by atoms with E-state index in [9.17, 15) is 4.79 Å². The highest BCUT2D eigenvalue weighted by Gasteiger charge is 2.65. The third-order valence-electron chi connectivity index (χ3n) is 6.13. The number of carbonyl (C=O) groups excluding carboxylic acids is 1. The third-order valence-corrected chi connectivity index (χ3v) is 6.13. The van der Waals surface area contributed by atoms with Crippen molar-refractivity contribution in [2.75, 3.05) is 33.8 Å². The summed E-state index contributed by atoms with van der Waals surface area (Å²) in [6.45, 7) is 6.29. The van der Waals surface area contributed by atoms with Gasteiger partial charge in [0.1, 0.15) is 6.54 Å². The van der Waals surface area contributed by atoms with E-state index in [0.29, 0.717) is 24.0 Å². The topological polar surface area (TPSA) is 66.0 Å². The molecule has 0 aromatic carbocycles. The number of rotatable bonds is 5. The Bertz CT molecular complexity index is 512. The van der Waals surface area contributed by atoms with Gasteiger partial charge in [-0.2, -0.15) is 0 Å². The van der Waals surface area contributed by atoms with Gasteiger partial charge in [0.05, 0.1) is 6.10 Å². The van der Waals surface area contributed by atoms with Crippen LogP contribution in [0.1, 0.15) is 46.0 Å². The molecule has 1 heterocycles. The first-order valence-electron chi connectivity index (χ1n) is 9.80. The number of likely N-dealkylation sites (N-methyl/N-ethyl adjacent to an activating group) is 1. The van der Waals surface area contributed by atoms with Gasteiger partial charge >= 0.3 is 0 Å². The molecule has 0 radical (unpaired) electrons. The van der Waals surface area contributed by atoms with Gasteiger partial charge in [0.2, 0.25) is 5.91 Å². The molecule has 1 saturated heterocycles. The molecule has 2 saturated carbocycles. The first-order chi connectivity index (χ1) is 11.9. The molecule has 142 valence electrons. The normalized spacial score (nSPS) is 30.3. The Morgan fingerprint density at radius 1 is 1.32 bits per heavy atom. The number of amides is 1. The van der Waals surface area contributed by atoms with E-state index in [1.807, 2.05) is 0 Å². The highest BCUT2D eigenvalue weighted by molar-refractivity contribution is 5.85. The summed E-state index contributed by atoms with van der Waals surface area (Å²) in [7, 11) is 3.54. The van der Waals surface area contributed by atoms with Gasteiger partial charge in [-0.1, -0.05) is 26.7 Å². The van der Waals surface area contributed by atoms with Crippen LogP contribution in [0.5, 0.6) is 0 Å². The average molecular weight is 351 g/mol. The summed E-state index contributed by atoms with van der Waals surface area (Å²) in [5, 5.41) is 7.12. The summed E-state index contributed by atoms with van der Waals surface area (Å²) in [5.41, 5.74) is 0.285. The Hall–Kier alpha value is -1.30. The predicted molar refractivity (Wildman–Crippen MR) is 99.5 cm³/mol. The predicted octanol–water partition coefficient (Wildman–Crippen LogP) is 1.61. The van der Waals surface area contributed by atoms with Gasteiger partial charge in [-0.3, -0.25) is 4.79 Å². The number of fused-ring (bicyclic) bond motifs is 2. The van der Waals surface area contributed by atoms with Gasteiger partial charge in [-0.05, 0) is 25.2 Å². The van der Waals surface area contributed by atoms with E-state index in [1.54, 1.807) is 19.0 Å². The fourth-order valence-electron chi connectivity index (χ4n) is 4.79. The van der Waals surface area contributed by atoms with E-state index in [2.05, 4.69) is 29.5 Å². The van der Waals surface area contributed by atoms with E-state index in [1.165, 1.54) is 25.7 Å². The van der Waals surface area contributed by atoms with Crippen molar-refractivity contribution in [1.29, 1.82) is 0 Å². The molecule has 3 rings (SSSR count). The van der Waals surface area contributed by atoms with Crippen LogP contribution in [0.15, 0.2) is 4.99 Å². The number of ether oxygens (including phenoxy) is 1. The number of hydrogen-bond acceptors (Lipinski definition) is 3. The van der Waals surface area contributed by atoms with Crippen molar-refractivity contribution in [1.82, 2.24) is 15.5 Å². The molecule has 0 aromatic rings. The Balaban J connectivity index is 1.70. The van der Waals surface area contributed by atoms with Crippen LogP contribution in [0.4, 0.5) is 0 Å². The standard InChI is InChI=1S/C19H34N4O2/c1-13(2)11-20-18(21-12-15(24)23(3)4)22-16-14-7-10-25-17(14)19(16)8-5-6-9-19/h13-14,16-17H,5-12H2,1-4H3,(H2,20,21,22). The van der Waals surface area contributed by atoms with Crippen LogP contribution < -0.4 is 10.6 Å². The lowest BCUT2D eigenvalue weighted by Gasteiger charge is -2.57. The molecule has 3 atom stereocenters. The molecular formula is C19H34N4O2. The van der Waals surface area contributed by atoms with E-state index >= 15 is 0 Å². The fraction of sp³-hybridized carbons (Fsp3) is 0.895. The van der Waals surface area contributed by atoms with Crippen molar-refractivity contribution >= 4 is 11.9 Å². The van der Waals surface area contributed by atoms with Crippen molar-refractivity contribution in [3.8, 4) is 0 Å². The minimum Gasteiger partial charge on any atom is -0.377 e. The maximum atomic E-state index is 11.9. The molecule has 1 aliphatic heterocycles. The first-order valence-corrected chi connectivity index (χ1v) is 9.80. The average Bonchev–Trinajstić information content (AvgIpc) is 3.21. The van der Waals surface area contributed by atoms with E-state index in [4.69, 9.17) is 4.74 Å². The third kappa shape index (κ3) is 3.64. The SMILES string of the molecule is CC(C)CNC(=NCC(=O)N(C)C)NC1C2CCOC2C12CCCC2. The van der Waals surface area contributed by atoms with Crippen molar-refractivity contribution in [2.24, 2.45) is 22.2 Å². The lowest BCUT2D eigenvalue weighted by atomic mass is 9.54. The molecule has 1 amide bonds. The molecule has 25 heavy (non-hydrogen) atoms. The van der Waals surface area contributed by atoms with Crippen LogP contribution >= 0.6 is 0 Å². The van der Waals surface area contributed by atoms with Crippen LogP contribution in [0.25, 0.3) is 0 Å². The van der Waals surface area contributed by atoms with Crippen molar-refractivity contribution in [2.45, 2.75) is 58.1 Å². The second-order valence-corrected chi connectivity index (χ2v) is 8.53. The lowest BCUT2D eigenvalue weighted by molar-refractivity contribution is -0.127. The fourth-order valence-corrected chi connectivity index (χ4v) is 4.79. The molecule has 3 aliphatic rings. The van der Waals surface area contributed by atoms with E-state index in [-0.39, 0.29) is 17.9 Å². The van der Waals surface area contributed by atoms with Gasteiger partial charge in [-0.15, -0.1) is 0 Å². The minimum atomic E-state index is 0.0249. The van der Waals surface area contributed by atoms with Gasteiger partial charge in [0.15, 0.2) is 5.96 Å². The van der Waals surface area contributed by atoms with Crippen LogP contribution in [0.2, 0.25) is 0 Å².